The van der Waals surface area contributed by atoms with E-state index in [0.29, 0.717) is 12.5 Å². The molecule has 1 unspecified atom stereocenters. The normalized spacial score (nSPS) is 22.9. The third-order valence-electron chi connectivity index (χ3n) is 4.08. The maximum absolute atomic E-state index is 12.4. The Kier molecular flexibility index (Phi) is 4.58. The summed E-state index contributed by atoms with van der Waals surface area (Å²) in [7, 11) is 0. The average Bonchev–Trinajstić information content (AvgIpc) is 2.98. The topological polar surface area (TPSA) is 54.0 Å². The molecule has 2 heterocycles. The summed E-state index contributed by atoms with van der Waals surface area (Å²) >= 11 is 1.66. The molecule has 2 rings (SSSR count). The Morgan fingerprint density at radius 1 is 1.63 bits per heavy atom. The minimum atomic E-state index is -0.224. The van der Waals surface area contributed by atoms with Crippen LogP contribution in [0.3, 0.4) is 0 Å². The van der Waals surface area contributed by atoms with E-state index in [9.17, 15) is 4.79 Å². The number of nitrogens with zero attached hydrogens (tertiary/aromatic N) is 1. The van der Waals surface area contributed by atoms with Gasteiger partial charge in [0.05, 0.1) is 16.1 Å². The highest BCUT2D eigenvalue weighted by Crippen LogP contribution is 2.34. The highest BCUT2D eigenvalue weighted by atomic mass is 32.1. The van der Waals surface area contributed by atoms with Crippen LogP contribution in [0.2, 0.25) is 0 Å². The number of aryl methyl sites for hydroxylation is 1. The van der Waals surface area contributed by atoms with Crippen LogP contribution >= 0.6 is 11.3 Å². The molecule has 0 aromatic carbocycles. The summed E-state index contributed by atoms with van der Waals surface area (Å²) < 4.78 is 0. The molecule has 2 N–H and O–H groups in total. The molecular formula is C14H23N3OS. The maximum atomic E-state index is 12.4. The summed E-state index contributed by atoms with van der Waals surface area (Å²) in [5.41, 5.74) is 0.851. The maximum Gasteiger partial charge on any atom is 0.227 e. The lowest BCUT2D eigenvalue weighted by Gasteiger charge is -2.31. The Labute approximate surface area is 119 Å². The first-order chi connectivity index (χ1) is 9.04. The molecular weight excluding hydrogens is 258 g/mol. The number of aromatic nitrogens is 1. The van der Waals surface area contributed by atoms with Crippen LogP contribution in [0.4, 0.5) is 0 Å². The van der Waals surface area contributed by atoms with E-state index in [1.54, 1.807) is 11.3 Å². The Balaban J connectivity index is 1.86. The van der Waals surface area contributed by atoms with E-state index < -0.39 is 0 Å². The highest BCUT2D eigenvalue weighted by molar-refractivity contribution is 7.09. The number of hydrogen-bond acceptors (Lipinski definition) is 4. The number of nitrogens with one attached hydrogen (secondary N) is 2. The summed E-state index contributed by atoms with van der Waals surface area (Å²) in [5.74, 6) is 0.559. The van der Waals surface area contributed by atoms with Crippen molar-refractivity contribution < 1.29 is 4.79 Å². The van der Waals surface area contributed by atoms with Gasteiger partial charge in [-0.05, 0) is 25.8 Å². The van der Waals surface area contributed by atoms with Gasteiger partial charge in [-0.1, -0.05) is 13.8 Å². The Morgan fingerprint density at radius 2 is 2.42 bits per heavy atom. The molecule has 1 aliphatic rings. The van der Waals surface area contributed by atoms with Gasteiger partial charge in [-0.3, -0.25) is 4.79 Å². The molecule has 1 aromatic heterocycles. The van der Waals surface area contributed by atoms with Crippen molar-refractivity contribution in [3.05, 3.63) is 16.1 Å². The molecule has 1 aromatic rings. The smallest absolute Gasteiger partial charge is 0.227 e. The highest BCUT2D eigenvalue weighted by Gasteiger charge is 2.43. The second-order valence-corrected chi connectivity index (χ2v) is 6.66. The van der Waals surface area contributed by atoms with Crippen molar-refractivity contribution in [1.29, 1.82) is 0 Å². The van der Waals surface area contributed by atoms with Crippen LogP contribution < -0.4 is 10.6 Å². The standard InChI is InChI=1S/C14H23N3OS/c1-10(2)14(5-7-15-9-14)13(18)16-6-4-12-8-19-11(3)17-12/h8,10,15H,4-7,9H2,1-3H3,(H,16,18). The van der Waals surface area contributed by atoms with E-state index in [1.807, 2.05) is 6.92 Å². The SMILES string of the molecule is Cc1nc(CCNC(=O)C2(C(C)C)CCNC2)cs1. The first kappa shape index (κ1) is 14.5. The summed E-state index contributed by atoms with van der Waals surface area (Å²) in [6, 6.07) is 0. The van der Waals surface area contributed by atoms with E-state index in [0.717, 1.165) is 36.6 Å². The van der Waals surface area contributed by atoms with Gasteiger partial charge >= 0.3 is 0 Å². The molecule has 19 heavy (non-hydrogen) atoms. The van der Waals surface area contributed by atoms with Gasteiger partial charge in [0.2, 0.25) is 5.91 Å². The molecule has 1 fully saturated rings. The van der Waals surface area contributed by atoms with Crippen molar-refractivity contribution in [2.24, 2.45) is 11.3 Å². The van der Waals surface area contributed by atoms with Crippen LogP contribution in [0.25, 0.3) is 0 Å². The fourth-order valence-corrected chi connectivity index (χ4v) is 3.31. The first-order valence-electron chi connectivity index (χ1n) is 6.94. The summed E-state index contributed by atoms with van der Waals surface area (Å²) in [4.78, 5) is 16.8. The predicted octanol–water partition coefficient (Wildman–Crippen LogP) is 1.75. The van der Waals surface area contributed by atoms with Crippen molar-refractivity contribution in [1.82, 2.24) is 15.6 Å². The molecule has 0 saturated carbocycles. The number of hydrogen-bond donors (Lipinski definition) is 2. The van der Waals surface area contributed by atoms with Gasteiger partial charge in [-0.15, -0.1) is 11.3 Å². The molecule has 5 heteroatoms. The Morgan fingerprint density at radius 3 is 2.95 bits per heavy atom. The van der Waals surface area contributed by atoms with Crippen molar-refractivity contribution in [2.45, 2.75) is 33.6 Å². The average molecular weight is 281 g/mol. The fraction of sp³-hybridized carbons (Fsp3) is 0.714. The van der Waals surface area contributed by atoms with Crippen LogP contribution in [0, 0.1) is 18.3 Å². The molecule has 106 valence electrons. The molecule has 0 aliphatic carbocycles. The quantitative estimate of drug-likeness (QED) is 0.864. The van der Waals surface area contributed by atoms with E-state index in [2.05, 4.69) is 34.8 Å². The number of carbonyl (C=O) groups is 1. The van der Waals surface area contributed by atoms with Gasteiger partial charge in [0.1, 0.15) is 0 Å². The second kappa shape index (κ2) is 6.01. The molecule has 4 nitrogen and oxygen atoms in total. The van der Waals surface area contributed by atoms with Gasteiger partial charge in [0, 0.05) is 24.9 Å². The first-order valence-corrected chi connectivity index (χ1v) is 7.82. The van der Waals surface area contributed by atoms with Crippen molar-refractivity contribution in [2.75, 3.05) is 19.6 Å². The van der Waals surface area contributed by atoms with Crippen LogP contribution in [-0.2, 0) is 11.2 Å². The van der Waals surface area contributed by atoms with E-state index >= 15 is 0 Å². The number of rotatable bonds is 5. The number of carbonyl (C=O) groups excluding carboxylic acids is 1. The third-order valence-corrected chi connectivity index (χ3v) is 4.90. The van der Waals surface area contributed by atoms with Crippen molar-refractivity contribution >= 4 is 17.2 Å². The summed E-state index contributed by atoms with van der Waals surface area (Å²) in [5, 5.41) is 9.56. The summed E-state index contributed by atoms with van der Waals surface area (Å²) in [6.07, 6.45) is 1.75. The Hall–Kier alpha value is -0.940. The zero-order valence-corrected chi connectivity index (χ0v) is 12.8. The third kappa shape index (κ3) is 3.15. The number of amides is 1. The van der Waals surface area contributed by atoms with Crippen LogP contribution in [0.1, 0.15) is 31.0 Å². The predicted molar refractivity (Wildman–Crippen MR) is 78.3 cm³/mol. The van der Waals surface area contributed by atoms with E-state index in [1.165, 1.54) is 0 Å². The molecule has 0 bridgehead atoms. The molecule has 1 atom stereocenters. The minimum absolute atomic E-state index is 0.194. The molecule has 1 saturated heterocycles. The van der Waals surface area contributed by atoms with Crippen LogP contribution in [-0.4, -0.2) is 30.5 Å². The van der Waals surface area contributed by atoms with Crippen molar-refractivity contribution in [3.8, 4) is 0 Å². The van der Waals surface area contributed by atoms with Gasteiger partial charge < -0.3 is 10.6 Å². The largest absolute Gasteiger partial charge is 0.355 e. The van der Waals surface area contributed by atoms with Crippen LogP contribution in [0.15, 0.2) is 5.38 Å². The monoisotopic (exact) mass is 281 g/mol. The van der Waals surface area contributed by atoms with Gasteiger partial charge in [0.25, 0.3) is 0 Å². The molecule has 0 radical (unpaired) electrons. The lowest BCUT2D eigenvalue weighted by molar-refractivity contribution is -0.132. The van der Waals surface area contributed by atoms with Gasteiger partial charge in [-0.25, -0.2) is 4.98 Å². The number of thiazole rings is 1. The lowest BCUT2D eigenvalue weighted by atomic mass is 9.75. The minimum Gasteiger partial charge on any atom is -0.355 e. The lowest BCUT2D eigenvalue weighted by Crippen LogP contribution is -2.46. The van der Waals surface area contributed by atoms with Crippen molar-refractivity contribution in [3.63, 3.8) is 0 Å². The van der Waals surface area contributed by atoms with Crippen LogP contribution in [0.5, 0.6) is 0 Å². The second-order valence-electron chi connectivity index (χ2n) is 5.60. The Bertz CT molecular complexity index is 436. The zero-order chi connectivity index (χ0) is 13.9. The van der Waals surface area contributed by atoms with Gasteiger partial charge in [0.15, 0.2) is 0 Å². The molecule has 1 amide bonds. The molecule has 1 aliphatic heterocycles. The zero-order valence-electron chi connectivity index (χ0n) is 12.0. The fourth-order valence-electron chi connectivity index (χ4n) is 2.66. The van der Waals surface area contributed by atoms with E-state index in [4.69, 9.17) is 0 Å². The summed E-state index contributed by atoms with van der Waals surface area (Å²) in [6.45, 7) is 8.69. The van der Waals surface area contributed by atoms with E-state index in [-0.39, 0.29) is 11.3 Å². The van der Waals surface area contributed by atoms with Gasteiger partial charge in [-0.2, -0.15) is 0 Å². The molecule has 0 spiro atoms.